The van der Waals surface area contributed by atoms with Crippen LogP contribution in [0.5, 0.6) is 11.6 Å². The fraction of sp³-hybridized carbons (Fsp3) is 0.474. The van der Waals surface area contributed by atoms with Gasteiger partial charge in [-0.2, -0.15) is 9.40 Å². The van der Waals surface area contributed by atoms with E-state index in [0.29, 0.717) is 48.1 Å². The van der Waals surface area contributed by atoms with Gasteiger partial charge in [-0.1, -0.05) is 0 Å². The van der Waals surface area contributed by atoms with Crippen molar-refractivity contribution in [3.8, 4) is 11.6 Å². The highest BCUT2D eigenvalue weighted by Crippen LogP contribution is 2.41. The van der Waals surface area contributed by atoms with Crippen molar-refractivity contribution in [2.45, 2.75) is 37.1 Å². The minimum absolute atomic E-state index is 0.0287. The summed E-state index contributed by atoms with van der Waals surface area (Å²) in [6, 6.07) is 4.37. The predicted octanol–water partition coefficient (Wildman–Crippen LogP) is 2.19. The predicted molar refractivity (Wildman–Crippen MR) is 111 cm³/mol. The van der Waals surface area contributed by atoms with E-state index >= 15 is 0 Å². The van der Waals surface area contributed by atoms with Crippen LogP contribution >= 0.6 is 0 Å². The highest BCUT2D eigenvalue weighted by atomic mass is 32.2. The van der Waals surface area contributed by atoms with Crippen LogP contribution in [0.1, 0.15) is 36.6 Å². The Hall–Kier alpha value is -2.24. The Labute approximate surface area is 175 Å². The maximum Gasteiger partial charge on any atom is 0.243 e. The first-order chi connectivity index (χ1) is 14.2. The minimum atomic E-state index is -3.56. The Morgan fingerprint density at radius 3 is 2.67 bits per heavy atom. The van der Waals surface area contributed by atoms with Crippen LogP contribution in [0.3, 0.4) is 0 Å². The van der Waals surface area contributed by atoms with Crippen molar-refractivity contribution in [1.82, 2.24) is 14.1 Å². The second-order valence-corrected chi connectivity index (χ2v) is 12.1. The van der Waals surface area contributed by atoms with Gasteiger partial charge in [0.05, 0.1) is 33.7 Å². The Morgan fingerprint density at radius 2 is 1.97 bits per heavy atom. The number of fused-ring (bicyclic) bond motifs is 2. The number of nitrogens with zero attached hydrogens (tertiary/aromatic N) is 4. The van der Waals surface area contributed by atoms with Gasteiger partial charge in [-0.15, -0.1) is 0 Å². The maximum atomic E-state index is 12.9. The van der Waals surface area contributed by atoms with Gasteiger partial charge in [-0.25, -0.2) is 21.5 Å². The number of ether oxygens (including phenoxy) is 1. The summed E-state index contributed by atoms with van der Waals surface area (Å²) in [5, 5.41) is 4.50. The molecule has 4 heterocycles. The lowest BCUT2D eigenvalue weighted by Gasteiger charge is -2.17. The van der Waals surface area contributed by atoms with Crippen molar-refractivity contribution in [2.24, 2.45) is 4.99 Å². The van der Waals surface area contributed by atoms with Gasteiger partial charge in [0, 0.05) is 19.3 Å². The lowest BCUT2D eigenvalue weighted by Crippen LogP contribution is -2.27. The summed E-state index contributed by atoms with van der Waals surface area (Å²) in [5.41, 5.74) is 1.76. The molecule has 0 spiro atoms. The molecule has 30 heavy (non-hydrogen) atoms. The molecule has 1 atom stereocenters. The fourth-order valence-corrected chi connectivity index (χ4v) is 7.40. The molecule has 0 saturated carbocycles. The molecule has 2 fully saturated rings. The van der Waals surface area contributed by atoms with Crippen LogP contribution in [0.25, 0.3) is 0 Å². The van der Waals surface area contributed by atoms with Crippen LogP contribution in [0.15, 0.2) is 28.1 Å². The van der Waals surface area contributed by atoms with Gasteiger partial charge >= 0.3 is 0 Å². The van der Waals surface area contributed by atoms with Crippen molar-refractivity contribution in [3.63, 3.8) is 0 Å². The molecule has 3 aliphatic rings. The first-order valence-corrected chi connectivity index (χ1v) is 13.2. The molecule has 0 amide bonds. The third-order valence-corrected chi connectivity index (χ3v) is 9.46. The molecule has 5 rings (SSSR count). The molecule has 9 nitrogen and oxygen atoms in total. The molecule has 160 valence electrons. The molecule has 0 N–H and O–H groups in total. The molecular weight excluding hydrogens is 428 g/mol. The summed E-state index contributed by atoms with van der Waals surface area (Å²) in [5.74, 6) is 1.01. The van der Waals surface area contributed by atoms with Crippen molar-refractivity contribution in [1.29, 1.82) is 0 Å². The lowest BCUT2D eigenvalue weighted by atomic mass is 10.2. The highest BCUT2D eigenvalue weighted by molar-refractivity contribution is 7.91. The van der Waals surface area contributed by atoms with Crippen LogP contribution in [-0.4, -0.2) is 61.7 Å². The molecule has 1 unspecified atom stereocenters. The Morgan fingerprint density at radius 1 is 1.20 bits per heavy atom. The van der Waals surface area contributed by atoms with Crippen molar-refractivity contribution < 1.29 is 21.6 Å². The van der Waals surface area contributed by atoms with E-state index in [1.807, 2.05) is 6.92 Å². The second kappa shape index (κ2) is 6.89. The molecule has 2 aromatic rings. The summed E-state index contributed by atoms with van der Waals surface area (Å²) in [6.45, 7) is 2.88. The molecule has 0 radical (unpaired) electrons. The first kappa shape index (κ1) is 19.7. The third-order valence-electron chi connectivity index (χ3n) is 5.81. The average Bonchev–Trinajstić information content (AvgIpc) is 3.39. The smallest absolute Gasteiger partial charge is 0.243 e. The fourth-order valence-electron chi connectivity index (χ4n) is 4.17. The standard InChI is InChI=1S/C19H22N4O5S2/c1-13-16-11-20-17-10-15(30(26,27)22-7-2-3-8-22)4-5-18(17)28-19(16)23(21-13)14-6-9-29(24,25)12-14/h4-5,10-11,14H,2-3,6-9,12H2,1H3. The Kier molecular flexibility index (Phi) is 4.53. The number of sulfonamides is 1. The van der Waals surface area contributed by atoms with Gasteiger partial charge < -0.3 is 4.74 Å². The zero-order chi connectivity index (χ0) is 21.1. The summed E-state index contributed by atoms with van der Waals surface area (Å²) in [6.07, 6.45) is 3.83. The van der Waals surface area contributed by atoms with Crippen molar-refractivity contribution >= 4 is 31.8 Å². The van der Waals surface area contributed by atoms with Gasteiger partial charge in [0.1, 0.15) is 5.69 Å². The number of rotatable bonds is 3. The van der Waals surface area contributed by atoms with E-state index in [1.54, 1.807) is 17.0 Å². The monoisotopic (exact) mass is 450 g/mol. The molecule has 2 saturated heterocycles. The van der Waals surface area contributed by atoms with Gasteiger partial charge in [-0.3, -0.25) is 4.99 Å². The van der Waals surface area contributed by atoms with Crippen LogP contribution in [-0.2, 0) is 19.9 Å². The Bertz CT molecular complexity index is 1260. The lowest BCUT2D eigenvalue weighted by molar-refractivity contribution is 0.380. The minimum Gasteiger partial charge on any atom is -0.436 e. The molecule has 0 bridgehead atoms. The van der Waals surface area contributed by atoms with E-state index in [9.17, 15) is 16.8 Å². The number of hydrogen-bond donors (Lipinski definition) is 0. The SMILES string of the molecule is Cc1nn(C2CCS(=O)(=O)C2)c2c1C=Nc1cc(S(=O)(=O)N3CCCC3)ccc1O2. The summed E-state index contributed by atoms with van der Waals surface area (Å²) >= 11 is 0. The number of aromatic nitrogens is 2. The van der Waals surface area contributed by atoms with Gasteiger partial charge in [0.15, 0.2) is 15.6 Å². The summed E-state index contributed by atoms with van der Waals surface area (Å²) in [4.78, 5) is 4.64. The molecule has 1 aromatic heterocycles. The molecule has 0 aliphatic carbocycles. The number of aliphatic imine (C=N–C) groups is 1. The number of hydrogen-bond acceptors (Lipinski definition) is 7. The van der Waals surface area contributed by atoms with E-state index in [0.717, 1.165) is 12.8 Å². The van der Waals surface area contributed by atoms with E-state index in [-0.39, 0.29) is 22.4 Å². The van der Waals surface area contributed by atoms with E-state index in [2.05, 4.69) is 10.1 Å². The van der Waals surface area contributed by atoms with Crippen LogP contribution in [0.2, 0.25) is 0 Å². The topological polar surface area (TPSA) is 111 Å². The van der Waals surface area contributed by atoms with Gasteiger partial charge in [0.2, 0.25) is 15.9 Å². The molecule has 11 heteroatoms. The Balaban J connectivity index is 1.52. The van der Waals surface area contributed by atoms with Crippen LogP contribution in [0.4, 0.5) is 5.69 Å². The average molecular weight is 451 g/mol. The highest BCUT2D eigenvalue weighted by Gasteiger charge is 2.34. The maximum absolute atomic E-state index is 12.9. The molecule has 3 aliphatic heterocycles. The summed E-state index contributed by atoms with van der Waals surface area (Å²) < 4.78 is 58.8. The third kappa shape index (κ3) is 3.25. The van der Waals surface area contributed by atoms with E-state index in [4.69, 9.17) is 4.74 Å². The second-order valence-electron chi connectivity index (χ2n) is 7.91. The van der Waals surface area contributed by atoms with Crippen molar-refractivity contribution in [2.75, 3.05) is 24.6 Å². The number of aryl methyl sites for hydroxylation is 1. The summed E-state index contributed by atoms with van der Waals surface area (Å²) in [7, 11) is -6.64. The largest absolute Gasteiger partial charge is 0.436 e. The van der Waals surface area contributed by atoms with Crippen LogP contribution < -0.4 is 4.74 Å². The zero-order valence-corrected chi connectivity index (χ0v) is 18.1. The normalized spacial score (nSPS) is 23.0. The van der Waals surface area contributed by atoms with Gasteiger partial charge in [-0.05, 0) is 44.4 Å². The number of benzene rings is 1. The molecule has 1 aromatic carbocycles. The molecular formula is C19H22N4O5S2. The van der Waals surface area contributed by atoms with Gasteiger partial charge in [0.25, 0.3) is 0 Å². The van der Waals surface area contributed by atoms with E-state index < -0.39 is 19.9 Å². The quantitative estimate of drug-likeness (QED) is 0.605. The number of sulfone groups is 1. The van der Waals surface area contributed by atoms with E-state index in [1.165, 1.54) is 16.4 Å². The van der Waals surface area contributed by atoms with Crippen LogP contribution in [0, 0.1) is 6.92 Å². The zero-order valence-electron chi connectivity index (χ0n) is 16.5. The first-order valence-electron chi connectivity index (χ1n) is 9.90. The van der Waals surface area contributed by atoms with Crippen molar-refractivity contribution in [3.05, 3.63) is 29.5 Å².